The topological polar surface area (TPSA) is 43.9 Å². The van der Waals surface area contributed by atoms with E-state index in [4.69, 9.17) is 9.40 Å². The van der Waals surface area contributed by atoms with Gasteiger partial charge in [-0.1, -0.05) is 154 Å². The molecule has 4 nitrogen and oxygen atoms in total. The smallest absolute Gasteiger partial charge is 0.121 e. The van der Waals surface area contributed by atoms with Crippen LogP contribution in [0.25, 0.3) is 94.0 Å². The van der Waals surface area contributed by atoms with E-state index < -0.39 is 0 Å². The molecule has 0 fully saturated rings. The Labute approximate surface area is 443 Å². The maximum Gasteiger partial charge on any atom is 0.121 e. The molecule has 0 bridgehead atoms. The summed E-state index contributed by atoms with van der Waals surface area (Å²) in [6, 6.07) is 57.3. The van der Waals surface area contributed by atoms with Crippen molar-refractivity contribution in [2.24, 2.45) is 0 Å². The summed E-state index contributed by atoms with van der Waals surface area (Å²) < 4.78 is 22.2. The van der Waals surface area contributed by atoms with Crippen LogP contribution in [0.5, 0.6) is 0 Å². The zero-order chi connectivity index (χ0) is 50.4. The fraction of sp³-hybridized carbons (Fsp3) is 0.254. The van der Waals surface area contributed by atoms with Crippen molar-refractivity contribution in [2.75, 3.05) is 0 Å². The number of nitrogens with zero attached hydrogens (tertiary/aromatic N) is 3. The van der Waals surface area contributed by atoms with Crippen LogP contribution in [0, 0.1) is 17.9 Å². The van der Waals surface area contributed by atoms with E-state index in [1.807, 2.05) is 18.2 Å². The molecular formula is C67H62FIrN3O-2. The summed E-state index contributed by atoms with van der Waals surface area (Å²) >= 11 is 0. The number of imidazole rings is 1. The molecular weight excluding hydrogens is 1070 g/mol. The number of benzene rings is 8. The van der Waals surface area contributed by atoms with Crippen LogP contribution in [-0.2, 0) is 36.4 Å². The number of fused-ring (bicyclic) bond motifs is 6. The molecule has 0 atom stereocenters. The molecule has 1 radical (unpaired) electrons. The average molecular weight is 1140 g/mol. The minimum Gasteiger partial charge on any atom is -0.501 e. The first-order valence-corrected chi connectivity index (χ1v) is 25.5. The molecule has 0 spiro atoms. The third-order valence-electron chi connectivity index (χ3n) is 15.1. The summed E-state index contributed by atoms with van der Waals surface area (Å²) in [5, 5.41) is 7.42. The molecule has 6 heteroatoms. The monoisotopic (exact) mass is 1140 g/mol. The van der Waals surface area contributed by atoms with Crippen LogP contribution in [0.2, 0.25) is 0 Å². The standard InChI is InChI=1S/C52H47N2O.C15H15FN.Ir/c1-30(2)38-24-33(32-16-10-9-11-17-32)25-39(31(3)4)48(38)54-45-23-13-12-22-44(45)53-50(54)37-20-14-19-36-41-26-34-27-43-47-35(40(34)28-46(41)55-49(36)37)18-15-21-42(47)51(5,6)29-52(43,7)8;1-15(2,3)12-8-9-17-14(10-12)11-4-6-13(16)7-5-11;/h9-19,21-28,30-31H,29H2,1-8H3;4,6-10H,1-3H3;/q2*-1;. The third kappa shape index (κ3) is 8.81. The second-order valence-electron chi connectivity index (χ2n) is 22.9. The molecule has 8 aromatic carbocycles. The summed E-state index contributed by atoms with van der Waals surface area (Å²) in [6.07, 6.45) is 2.90. The van der Waals surface area contributed by atoms with Gasteiger partial charge in [-0.25, -0.2) is 0 Å². The number of furan rings is 1. The Bertz CT molecular complexity index is 3860. The maximum absolute atomic E-state index is 12.8. The zero-order valence-electron chi connectivity index (χ0n) is 43.8. The molecule has 0 aliphatic heterocycles. The Morgan fingerprint density at radius 2 is 1.38 bits per heavy atom. The summed E-state index contributed by atoms with van der Waals surface area (Å²) in [4.78, 5) is 9.70. The molecule has 0 saturated carbocycles. The number of hydrogen-bond donors (Lipinski definition) is 0. The van der Waals surface area contributed by atoms with Gasteiger partial charge < -0.3 is 14.0 Å². The fourth-order valence-electron chi connectivity index (χ4n) is 11.7. The number of halogens is 1. The predicted molar refractivity (Wildman–Crippen MR) is 299 cm³/mol. The first-order chi connectivity index (χ1) is 34.4. The molecule has 0 saturated heterocycles. The van der Waals surface area contributed by atoms with Crippen LogP contribution in [0.15, 0.2) is 156 Å². The van der Waals surface area contributed by atoms with Gasteiger partial charge in [0.1, 0.15) is 5.58 Å². The largest absolute Gasteiger partial charge is 0.501 e. The van der Waals surface area contributed by atoms with Crippen molar-refractivity contribution >= 4 is 54.5 Å². The van der Waals surface area contributed by atoms with Crippen LogP contribution < -0.4 is 0 Å². The second-order valence-corrected chi connectivity index (χ2v) is 22.9. The molecule has 3 heterocycles. The van der Waals surface area contributed by atoms with E-state index in [-0.39, 0.29) is 54.0 Å². The molecule has 0 unspecified atom stereocenters. The van der Waals surface area contributed by atoms with E-state index in [1.54, 1.807) is 12.3 Å². The maximum atomic E-state index is 12.8. The van der Waals surface area contributed by atoms with Gasteiger partial charge in [0.2, 0.25) is 0 Å². The van der Waals surface area contributed by atoms with Gasteiger partial charge in [-0.2, -0.15) is 0 Å². The predicted octanol–water partition coefficient (Wildman–Crippen LogP) is 18.6. The van der Waals surface area contributed by atoms with Crippen LogP contribution in [0.4, 0.5) is 4.39 Å². The van der Waals surface area contributed by atoms with Gasteiger partial charge in [0.15, 0.2) is 0 Å². The average Bonchev–Trinajstić information content (AvgIpc) is 3.93. The van der Waals surface area contributed by atoms with E-state index in [2.05, 4.69) is 207 Å². The second kappa shape index (κ2) is 18.6. The minimum absolute atomic E-state index is 0. The van der Waals surface area contributed by atoms with Crippen molar-refractivity contribution < 1.29 is 28.9 Å². The van der Waals surface area contributed by atoms with Crippen molar-refractivity contribution in [3.63, 3.8) is 0 Å². The van der Waals surface area contributed by atoms with E-state index in [9.17, 15) is 4.39 Å². The van der Waals surface area contributed by atoms with Gasteiger partial charge in [-0.05, 0) is 149 Å². The number of hydrogen-bond acceptors (Lipinski definition) is 3. The molecule has 11 aromatic rings. The fourth-order valence-corrected chi connectivity index (χ4v) is 11.7. The summed E-state index contributed by atoms with van der Waals surface area (Å²) in [7, 11) is 0. The van der Waals surface area contributed by atoms with Gasteiger partial charge in [0.05, 0.1) is 22.4 Å². The summed E-state index contributed by atoms with van der Waals surface area (Å²) in [5.41, 5.74) is 16.8. The van der Waals surface area contributed by atoms with Gasteiger partial charge >= 0.3 is 0 Å². The first kappa shape index (κ1) is 49.8. The zero-order valence-corrected chi connectivity index (χ0v) is 46.2. The number of aromatic nitrogens is 3. The first-order valence-electron chi connectivity index (χ1n) is 25.5. The van der Waals surface area contributed by atoms with E-state index >= 15 is 0 Å². The molecule has 3 aromatic heterocycles. The Kier molecular flexibility index (Phi) is 12.7. The van der Waals surface area contributed by atoms with Crippen molar-refractivity contribution in [3.05, 3.63) is 198 Å². The third-order valence-corrected chi connectivity index (χ3v) is 15.1. The van der Waals surface area contributed by atoms with Gasteiger partial charge in [0.25, 0.3) is 0 Å². The van der Waals surface area contributed by atoms with Gasteiger partial charge in [-0.15, -0.1) is 48.0 Å². The van der Waals surface area contributed by atoms with Crippen molar-refractivity contribution in [3.8, 4) is 39.5 Å². The number of rotatable bonds is 6. The van der Waals surface area contributed by atoms with Crippen LogP contribution in [-0.4, -0.2) is 14.5 Å². The van der Waals surface area contributed by atoms with Crippen molar-refractivity contribution in [1.29, 1.82) is 0 Å². The SMILES string of the molecule is CC(C)(C)c1ccnc(-c2[c-]cc(F)cc2)c1.CC(C)c1cc(-c2ccccc2)cc(C(C)C)c1-n1c(-c2[c-]ccc3c2oc2cc4c(cc5c6c(cccc64)C(C)(C)CC5(C)C)cc23)nc2ccccc21.[Ir]. The quantitative estimate of drug-likeness (QED) is 0.123. The van der Waals surface area contributed by atoms with Crippen LogP contribution in [0.3, 0.4) is 0 Å². The van der Waals surface area contributed by atoms with E-state index in [0.29, 0.717) is 0 Å². The van der Waals surface area contributed by atoms with Gasteiger partial charge in [-0.3, -0.25) is 9.37 Å². The Morgan fingerprint density at radius 3 is 2.08 bits per heavy atom. The minimum atomic E-state index is -0.277. The molecule has 73 heavy (non-hydrogen) atoms. The van der Waals surface area contributed by atoms with Gasteiger partial charge in [0, 0.05) is 43.2 Å². The van der Waals surface area contributed by atoms with Crippen molar-refractivity contribution in [1.82, 2.24) is 14.5 Å². The van der Waals surface area contributed by atoms with Crippen molar-refractivity contribution in [2.45, 2.75) is 111 Å². The van der Waals surface area contributed by atoms with Crippen LogP contribution >= 0.6 is 0 Å². The normalized spacial score (nSPS) is 14.1. The molecule has 0 N–H and O–H groups in total. The Balaban J connectivity index is 0.000000289. The van der Waals surface area contributed by atoms with Crippen LogP contribution in [0.1, 0.15) is 122 Å². The Morgan fingerprint density at radius 1 is 0.671 bits per heavy atom. The summed E-state index contributed by atoms with van der Waals surface area (Å²) in [5.74, 6) is 1.12. The van der Waals surface area contributed by atoms with E-state index in [0.717, 1.165) is 62.0 Å². The summed E-state index contributed by atoms with van der Waals surface area (Å²) in [6.45, 7) is 25.3. The Hall–Kier alpha value is -6.72. The molecule has 369 valence electrons. The number of pyridine rings is 1. The molecule has 0 amide bonds. The number of para-hydroxylation sites is 2. The molecule has 1 aliphatic rings. The molecule has 1 aliphatic carbocycles. The molecule has 12 rings (SSSR count). The van der Waals surface area contributed by atoms with E-state index in [1.165, 1.54) is 78.3 Å².